The molecule has 2 bridgehead atoms. The fraction of sp³-hybridized carbons (Fsp3) is 1.00. The summed E-state index contributed by atoms with van der Waals surface area (Å²) in [6, 6.07) is 1.48. The van der Waals surface area contributed by atoms with Crippen molar-refractivity contribution in [2.45, 2.75) is 30.2 Å². The normalized spacial score (nSPS) is 42.6. The highest BCUT2D eigenvalue weighted by atomic mass is 35.5. The predicted octanol–water partition coefficient (Wildman–Crippen LogP) is -0.0401. The average Bonchev–Trinajstić information content (AvgIpc) is 2.18. The molecular formula is C9H19Cl3N4. The summed E-state index contributed by atoms with van der Waals surface area (Å²) in [4.78, 5) is 2.53. The molecule has 4 heterocycles. The fourth-order valence-electron chi connectivity index (χ4n) is 2.68. The molecule has 16 heavy (non-hydrogen) atoms. The molecule has 7 heteroatoms. The summed E-state index contributed by atoms with van der Waals surface area (Å²) < 4.78 is 0. The molecule has 0 amide bonds. The lowest BCUT2D eigenvalue weighted by Crippen LogP contribution is -2.72. The van der Waals surface area contributed by atoms with Gasteiger partial charge >= 0.3 is 0 Å². The fourth-order valence-corrected chi connectivity index (χ4v) is 2.86. The van der Waals surface area contributed by atoms with Gasteiger partial charge in [0.15, 0.2) is 0 Å². The van der Waals surface area contributed by atoms with Gasteiger partial charge in [0.25, 0.3) is 0 Å². The predicted molar refractivity (Wildman–Crippen MR) is 70.8 cm³/mol. The number of halogens is 3. The van der Waals surface area contributed by atoms with E-state index in [9.17, 15) is 0 Å². The number of piperazine rings is 2. The van der Waals surface area contributed by atoms with Gasteiger partial charge in [0.05, 0.1) is 11.7 Å². The van der Waals surface area contributed by atoms with Crippen molar-refractivity contribution in [2.75, 3.05) is 26.2 Å². The quantitative estimate of drug-likeness (QED) is 0.468. The smallest absolute Gasteiger partial charge is 0.0953 e. The van der Waals surface area contributed by atoms with Gasteiger partial charge in [-0.15, -0.1) is 36.4 Å². The van der Waals surface area contributed by atoms with E-state index >= 15 is 0 Å². The molecule has 4 atom stereocenters. The summed E-state index contributed by atoms with van der Waals surface area (Å²) in [5.41, 5.74) is 0.101. The summed E-state index contributed by atoms with van der Waals surface area (Å²) >= 11 is 5.95. The zero-order valence-corrected chi connectivity index (χ0v) is 11.4. The van der Waals surface area contributed by atoms with Gasteiger partial charge in [0, 0.05) is 38.3 Å². The topological polar surface area (TPSA) is 39.3 Å². The highest BCUT2D eigenvalue weighted by Crippen LogP contribution is 2.22. The molecule has 4 unspecified atom stereocenters. The first-order valence-corrected chi connectivity index (χ1v) is 5.86. The number of nitrogens with one attached hydrogen (secondary N) is 3. The SMILES string of the molecule is Cl.Cl.ClC1CNC(N2CC3CC(C2)N3)CN1. The van der Waals surface area contributed by atoms with Crippen LogP contribution in [0, 0.1) is 0 Å². The Morgan fingerprint density at radius 3 is 2.12 bits per heavy atom. The standard InChI is InChI=1S/C9H17ClN4.2ClH/c10-8-2-12-9(3-11-8)14-4-6-1-7(5-14)13-6;;/h6-9,11-13H,1-5H2;2*1H. The van der Waals surface area contributed by atoms with Crippen LogP contribution in [0.5, 0.6) is 0 Å². The monoisotopic (exact) mass is 288 g/mol. The van der Waals surface area contributed by atoms with Crippen molar-refractivity contribution in [1.82, 2.24) is 20.9 Å². The lowest BCUT2D eigenvalue weighted by Gasteiger charge is -2.51. The highest BCUT2D eigenvalue weighted by molar-refractivity contribution is 6.20. The Bertz CT molecular complexity index is 207. The van der Waals surface area contributed by atoms with E-state index in [1.807, 2.05) is 0 Å². The van der Waals surface area contributed by atoms with Crippen LogP contribution in [0.2, 0.25) is 0 Å². The lowest BCUT2D eigenvalue weighted by atomic mass is 9.91. The van der Waals surface area contributed by atoms with Gasteiger partial charge in [-0.3, -0.25) is 15.5 Å². The van der Waals surface area contributed by atoms with Crippen LogP contribution >= 0.6 is 36.4 Å². The molecule has 4 aliphatic heterocycles. The Hall–Kier alpha value is 0.710. The van der Waals surface area contributed by atoms with Crippen molar-refractivity contribution >= 4 is 36.4 Å². The lowest BCUT2D eigenvalue weighted by molar-refractivity contribution is 0.0279. The summed E-state index contributed by atoms with van der Waals surface area (Å²) in [6.45, 7) is 4.20. The Morgan fingerprint density at radius 2 is 1.62 bits per heavy atom. The Morgan fingerprint density at radius 1 is 1.00 bits per heavy atom. The van der Waals surface area contributed by atoms with Crippen LogP contribution in [0.15, 0.2) is 0 Å². The van der Waals surface area contributed by atoms with Gasteiger partial charge in [-0.05, 0) is 6.42 Å². The zero-order valence-electron chi connectivity index (χ0n) is 8.99. The second-order valence-electron chi connectivity index (χ2n) is 4.55. The summed E-state index contributed by atoms with van der Waals surface area (Å²) in [5, 5.41) is 10.3. The molecule has 0 aromatic heterocycles. The second-order valence-corrected chi connectivity index (χ2v) is 5.08. The molecule has 0 aromatic carbocycles. The maximum absolute atomic E-state index is 5.95. The van der Waals surface area contributed by atoms with Crippen molar-refractivity contribution in [3.05, 3.63) is 0 Å². The van der Waals surface area contributed by atoms with Crippen LogP contribution in [0.25, 0.3) is 0 Å². The molecule has 0 aliphatic carbocycles. The van der Waals surface area contributed by atoms with E-state index in [-0.39, 0.29) is 30.3 Å². The molecule has 3 N–H and O–H groups in total. The maximum atomic E-state index is 5.95. The first-order valence-electron chi connectivity index (χ1n) is 5.42. The van der Waals surface area contributed by atoms with E-state index < -0.39 is 0 Å². The van der Waals surface area contributed by atoms with Gasteiger partial charge in [0.2, 0.25) is 0 Å². The Kier molecular flexibility index (Phi) is 5.58. The molecule has 0 aromatic rings. The number of rotatable bonds is 1. The summed E-state index contributed by atoms with van der Waals surface area (Å²) in [7, 11) is 0. The first kappa shape index (κ1) is 14.8. The number of hydrogen-bond acceptors (Lipinski definition) is 4. The van der Waals surface area contributed by atoms with Crippen molar-refractivity contribution in [3.8, 4) is 0 Å². The van der Waals surface area contributed by atoms with E-state index in [1.165, 1.54) is 19.5 Å². The summed E-state index contributed by atoms with van der Waals surface area (Å²) in [6.07, 6.45) is 1.85. The molecule has 4 fully saturated rings. The van der Waals surface area contributed by atoms with E-state index in [0.717, 1.165) is 25.2 Å². The van der Waals surface area contributed by atoms with E-state index in [0.29, 0.717) is 6.17 Å². The molecule has 96 valence electrons. The third kappa shape index (κ3) is 2.93. The van der Waals surface area contributed by atoms with E-state index in [1.54, 1.807) is 0 Å². The largest absolute Gasteiger partial charge is 0.309 e. The molecule has 4 rings (SSSR count). The van der Waals surface area contributed by atoms with Crippen LogP contribution in [-0.2, 0) is 0 Å². The minimum absolute atomic E-state index is 0. The molecule has 4 saturated heterocycles. The third-order valence-corrected chi connectivity index (χ3v) is 3.76. The molecule has 0 spiro atoms. The van der Waals surface area contributed by atoms with Crippen LogP contribution in [0.4, 0.5) is 0 Å². The molecule has 4 aliphatic rings. The second kappa shape index (κ2) is 6.05. The highest BCUT2D eigenvalue weighted by Gasteiger charge is 2.39. The van der Waals surface area contributed by atoms with Crippen LogP contribution in [0.1, 0.15) is 6.42 Å². The minimum atomic E-state index is 0. The number of nitrogens with zero attached hydrogens (tertiary/aromatic N) is 1. The van der Waals surface area contributed by atoms with Crippen molar-refractivity contribution in [1.29, 1.82) is 0 Å². The van der Waals surface area contributed by atoms with Gasteiger partial charge < -0.3 is 5.32 Å². The zero-order chi connectivity index (χ0) is 9.54. The number of piperidine rings is 1. The molecular weight excluding hydrogens is 270 g/mol. The molecule has 0 saturated carbocycles. The van der Waals surface area contributed by atoms with Crippen LogP contribution < -0.4 is 16.0 Å². The Labute approximate surface area is 114 Å². The van der Waals surface area contributed by atoms with E-state index in [2.05, 4.69) is 20.9 Å². The van der Waals surface area contributed by atoms with Gasteiger partial charge in [-0.25, -0.2) is 0 Å². The van der Waals surface area contributed by atoms with E-state index in [4.69, 9.17) is 11.6 Å². The van der Waals surface area contributed by atoms with Gasteiger partial charge in [-0.2, -0.15) is 0 Å². The minimum Gasteiger partial charge on any atom is -0.309 e. The molecule has 4 nitrogen and oxygen atoms in total. The average molecular weight is 290 g/mol. The van der Waals surface area contributed by atoms with Crippen LogP contribution in [-0.4, -0.2) is 54.8 Å². The van der Waals surface area contributed by atoms with Crippen LogP contribution in [0.3, 0.4) is 0 Å². The van der Waals surface area contributed by atoms with Gasteiger partial charge in [-0.1, -0.05) is 0 Å². The van der Waals surface area contributed by atoms with Gasteiger partial charge in [0.1, 0.15) is 0 Å². The number of fused-ring (bicyclic) bond motifs is 2. The van der Waals surface area contributed by atoms with Crippen molar-refractivity contribution in [3.63, 3.8) is 0 Å². The van der Waals surface area contributed by atoms with Crippen molar-refractivity contribution < 1.29 is 0 Å². The maximum Gasteiger partial charge on any atom is 0.0953 e. The molecule has 0 radical (unpaired) electrons. The third-order valence-electron chi connectivity index (χ3n) is 3.46. The number of hydrogen-bond donors (Lipinski definition) is 3. The number of alkyl halides is 1. The van der Waals surface area contributed by atoms with Crippen molar-refractivity contribution in [2.24, 2.45) is 0 Å². The summed E-state index contributed by atoms with van der Waals surface area (Å²) in [5.74, 6) is 0. The first-order chi connectivity index (χ1) is 6.81. The Balaban J connectivity index is 0.000000640.